The summed E-state index contributed by atoms with van der Waals surface area (Å²) in [6, 6.07) is 22.6. The highest BCUT2D eigenvalue weighted by molar-refractivity contribution is 6.39. The summed E-state index contributed by atoms with van der Waals surface area (Å²) < 4.78 is 11.6. The third-order valence-corrected chi connectivity index (χ3v) is 7.31. The standard InChI is InChI=1S/C31H20Cl4N2O5/c32-21-5-1-18(2-6-21)16-41-24-10-8-23(9-11-24)37-30(39)25(29(38)36-31(37)40)13-19-3-12-28(27(35)14-19)42-17-20-4-7-22(33)15-26(20)34/h1-15H,16-17H2,(H,36,38,40)/b25-13+. The summed E-state index contributed by atoms with van der Waals surface area (Å²) in [7, 11) is 0. The van der Waals surface area contributed by atoms with Gasteiger partial charge in [-0.2, -0.15) is 0 Å². The number of ether oxygens (including phenoxy) is 2. The lowest BCUT2D eigenvalue weighted by molar-refractivity contribution is -0.122. The largest absolute Gasteiger partial charge is 0.489 e. The van der Waals surface area contributed by atoms with Crippen LogP contribution in [0, 0.1) is 0 Å². The number of carbonyl (C=O) groups excluding carboxylic acids is 3. The average Bonchev–Trinajstić information content (AvgIpc) is 2.96. The van der Waals surface area contributed by atoms with Crippen LogP contribution in [0.5, 0.6) is 11.5 Å². The molecule has 4 aromatic rings. The second-order valence-corrected chi connectivity index (χ2v) is 10.8. The lowest BCUT2D eigenvalue weighted by atomic mass is 10.1. The Labute approximate surface area is 261 Å². The minimum absolute atomic E-state index is 0.152. The molecule has 42 heavy (non-hydrogen) atoms. The van der Waals surface area contributed by atoms with E-state index in [0.717, 1.165) is 16.0 Å². The van der Waals surface area contributed by atoms with E-state index in [1.807, 2.05) is 12.1 Å². The predicted molar refractivity (Wildman–Crippen MR) is 163 cm³/mol. The van der Waals surface area contributed by atoms with Crippen LogP contribution in [0.1, 0.15) is 16.7 Å². The molecule has 1 heterocycles. The van der Waals surface area contributed by atoms with Gasteiger partial charge in [-0.05, 0) is 77.9 Å². The topological polar surface area (TPSA) is 84.9 Å². The first-order valence-corrected chi connectivity index (χ1v) is 13.9. The minimum atomic E-state index is -0.861. The molecule has 0 atom stereocenters. The van der Waals surface area contributed by atoms with Crippen LogP contribution in [0.2, 0.25) is 20.1 Å². The molecule has 1 aliphatic rings. The van der Waals surface area contributed by atoms with E-state index in [4.69, 9.17) is 55.9 Å². The maximum atomic E-state index is 13.3. The van der Waals surface area contributed by atoms with Gasteiger partial charge in [-0.1, -0.05) is 70.7 Å². The van der Waals surface area contributed by atoms with E-state index in [1.54, 1.807) is 72.8 Å². The van der Waals surface area contributed by atoms with Gasteiger partial charge in [0.25, 0.3) is 11.8 Å². The fraction of sp³-hybridized carbons (Fsp3) is 0.0645. The first kappa shape index (κ1) is 29.5. The number of hydrogen-bond donors (Lipinski definition) is 1. The maximum Gasteiger partial charge on any atom is 0.335 e. The average molecular weight is 642 g/mol. The summed E-state index contributed by atoms with van der Waals surface area (Å²) in [4.78, 5) is 39.4. The van der Waals surface area contributed by atoms with E-state index in [1.165, 1.54) is 6.08 Å². The SMILES string of the molecule is O=C1NC(=O)N(c2ccc(OCc3ccc(Cl)cc3)cc2)C(=O)/C1=C/c1ccc(OCc2ccc(Cl)cc2Cl)c(Cl)c1. The zero-order chi connectivity index (χ0) is 29.8. The van der Waals surface area contributed by atoms with Gasteiger partial charge in [-0.25, -0.2) is 9.69 Å². The molecule has 0 unspecified atom stereocenters. The lowest BCUT2D eigenvalue weighted by Gasteiger charge is -2.26. The summed E-state index contributed by atoms with van der Waals surface area (Å²) >= 11 is 24.5. The Morgan fingerprint density at radius 1 is 0.714 bits per heavy atom. The molecule has 1 aliphatic heterocycles. The Morgan fingerprint density at radius 3 is 2.12 bits per heavy atom. The number of hydrogen-bond acceptors (Lipinski definition) is 5. The van der Waals surface area contributed by atoms with Crippen molar-refractivity contribution in [1.29, 1.82) is 0 Å². The van der Waals surface area contributed by atoms with Crippen molar-refractivity contribution in [1.82, 2.24) is 5.32 Å². The first-order chi connectivity index (χ1) is 20.2. The molecule has 0 radical (unpaired) electrons. The minimum Gasteiger partial charge on any atom is -0.489 e. The van der Waals surface area contributed by atoms with Crippen LogP contribution in [0.3, 0.4) is 0 Å². The maximum absolute atomic E-state index is 13.3. The normalized spacial score (nSPS) is 14.2. The number of imide groups is 2. The number of carbonyl (C=O) groups is 3. The number of nitrogens with one attached hydrogen (secondary N) is 1. The number of benzene rings is 4. The number of amides is 4. The summed E-state index contributed by atoms with van der Waals surface area (Å²) in [5.74, 6) is -0.703. The van der Waals surface area contributed by atoms with E-state index in [2.05, 4.69) is 5.32 Å². The first-order valence-electron chi connectivity index (χ1n) is 12.4. The Hall–Kier alpha value is -4.01. The molecule has 4 aromatic carbocycles. The van der Waals surface area contributed by atoms with Crippen molar-refractivity contribution in [2.24, 2.45) is 0 Å². The van der Waals surface area contributed by atoms with Crippen molar-refractivity contribution in [3.8, 4) is 11.5 Å². The van der Waals surface area contributed by atoms with Gasteiger partial charge in [0.1, 0.15) is 30.3 Å². The molecule has 0 saturated carbocycles. The third-order valence-electron chi connectivity index (χ3n) is 6.18. The fourth-order valence-corrected chi connectivity index (χ4v) is 4.85. The zero-order valence-corrected chi connectivity index (χ0v) is 24.6. The lowest BCUT2D eigenvalue weighted by Crippen LogP contribution is -2.54. The number of nitrogens with zero attached hydrogens (tertiary/aromatic N) is 1. The summed E-state index contributed by atoms with van der Waals surface area (Å²) in [5.41, 5.74) is 2.12. The van der Waals surface area contributed by atoms with E-state index < -0.39 is 17.8 Å². The van der Waals surface area contributed by atoms with Crippen molar-refractivity contribution >= 4 is 76.0 Å². The monoisotopic (exact) mass is 640 g/mol. The molecular weight excluding hydrogens is 622 g/mol. The van der Waals surface area contributed by atoms with Crippen molar-refractivity contribution < 1.29 is 23.9 Å². The zero-order valence-electron chi connectivity index (χ0n) is 21.6. The number of halogens is 4. The Kier molecular flexibility index (Phi) is 9.04. The van der Waals surface area contributed by atoms with E-state index in [-0.39, 0.29) is 22.9 Å². The molecule has 1 fully saturated rings. The van der Waals surface area contributed by atoms with Gasteiger partial charge in [-0.15, -0.1) is 0 Å². The number of barbiturate groups is 1. The van der Waals surface area contributed by atoms with Gasteiger partial charge >= 0.3 is 6.03 Å². The molecule has 0 bridgehead atoms. The van der Waals surface area contributed by atoms with E-state index >= 15 is 0 Å². The van der Waals surface area contributed by atoms with Gasteiger partial charge in [0.05, 0.1) is 10.7 Å². The molecule has 0 spiro atoms. The van der Waals surface area contributed by atoms with Crippen molar-refractivity contribution in [3.63, 3.8) is 0 Å². The van der Waals surface area contributed by atoms with E-state index in [0.29, 0.717) is 38.7 Å². The highest BCUT2D eigenvalue weighted by Gasteiger charge is 2.36. The number of urea groups is 1. The van der Waals surface area contributed by atoms with Crippen LogP contribution >= 0.6 is 46.4 Å². The van der Waals surface area contributed by atoms with Crippen LogP contribution in [0.4, 0.5) is 10.5 Å². The molecule has 0 aromatic heterocycles. The Morgan fingerprint density at radius 2 is 1.43 bits per heavy atom. The van der Waals surface area contributed by atoms with Crippen LogP contribution < -0.4 is 19.7 Å². The van der Waals surface area contributed by atoms with Crippen molar-refractivity contribution in [2.75, 3.05) is 4.90 Å². The van der Waals surface area contributed by atoms with Gasteiger partial charge in [0.15, 0.2) is 0 Å². The molecule has 1 saturated heterocycles. The molecule has 212 valence electrons. The summed E-state index contributed by atoms with van der Waals surface area (Å²) in [6.07, 6.45) is 1.35. The van der Waals surface area contributed by atoms with Gasteiger partial charge in [0.2, 0.25) is 0 Å². The molecule has 7 nitrogen and oxygen atoms in total. The second kappa shape index (κ2) is 12.9. The summed E-state index contributed by atoms with van der Waals surface area (Å²) in [5, 5.41) is 4.06. The molecule has 5 rings (SSSR count). The molecular formula is C31H20Cl4N2O5. The fourth-order valence-electron chi connectivity index (χ4n) is 4.02. The Balaban J connectivity index is 1.29. The van der Waals surface area contributed by atoms with Gasteiger partial charge < -0.3 is 9.47 Å². The van der Waals surface area contributed by atoms with Crippen LogP contribution in [0.25, 0.3) is 6.08 Å². The molecule has 1 N–H and O–H groups in total. The van der Waals surface area contributed by atoms with Crippen LogP contribution in [0.15, 0.2) is 90.5 Å². The second-order valence-electron chi connectivity index (χ2n) is 9.08. The molecule has 11 heteroatoms. The van der Waals surface area contributed by atoms with Crippen molar-refractivity contribution in [3.05, 3.63) is 127 Å². The summed E-state index contributed by atoms with van der Waals surface area (Å²) in [6.45, 7) is 0.460. The molecule has 0 aliphatic carbocycles. The van der Waals surface area contributed by atoms with E-state index in [9.17, 15) is 14.4 Å². The smallest absolute Gasteiger partial charge is 0.335 e. The Bertz CT molecular complexity index is 1710. The highest BCUT2D eigenvalue weighted by Crippen LogP contribution is 2.30. The number of rotatable bonds is 8. The third kappa shape index (κ3) is 6.89. The predicted octanol–water partition coefficient (Wildman–Crippen LogP) is 8.12. The highest BCUT2D eigenvalue weighted by atomic mass is 35.5. The molecule has 4 amide bonds. The van der Waals surface area contributed by atoms with Crippen LogP contribution in [-0.4, -0.2) is 17.8 Å². The van der Waals surface area contributed by atoms with Gasteiger partial charge in [0, 0.05) is 20.6 Å². The van der Waals surface area contributed by atoms with Crippen molar-refractivity contribution in [2.45, 2.75) is 13.2 Å². The quantitative estimate of drug-likeness (QED) is 0.155. The number of anilines is 1. The van der Waals surface area contributed by atoms with Crippen LogP contribution in [-0.2, 0) is 22.8 Å². The van der Waals surface area contributed by atoms with Gasteiger partial charge in [-0.3, -0.25) is 14.9 Å².